The number of aliphatic hydroxyl groups is 1. The summed E-state index contributed by atoms with van der Waals surface area (Å²) < 4.78 is 21.9. The molecule has 0 aliphatic heterocycles. The Morgan fingerprint density at radius 3 is 2.18 bits per heavy atom. The second-order valence-electron chi connectivity index (χ2n) is 3.15. The maximum atomic E-state index is 11.0. The SMILES string of the molecule is CS(=O)(=O)C1C[C@@H](N)[C@H](O)C1. The third-order valence-corrected chi connectivity index (χ3v) is 3.74. The molecule has 0 aromatic rings. The van der Waals surface area contributed by atoms with Crippen molar-refractivity contribution >= 4 is 9.84 Å². The minimum Gasteiger partial charge on any atom is -0.391 e. The van der Waals surface area contributed by atoms with Crippen LogP contribution in [0.25, 0.3) is 0 Å². The smallest absolute Gasteiger partial charge is 0.150 e. The highest BCUT2D eigenvalue weighted by atomic mass is 32.2. The van der Waals surface area contributed by atoms with Gasteiger partial charge in [0.05, 0.1) is 11.4 Å². The Balaban J connectivity index is 2.69. The molecule has 4 nitrogen and oxygen atoms in total. The van der Waals surface area contributed by atoms with Crippen LogP contribution >= 0.6 is 0 Å². The third-order valence-electron chi connectivity index (χ3n) is 2.14. The first kappa shape index (κ1) is 8.96. The van der Waals surface area contributed by atoms with Gasteiger partial charge in [0, 0.05) is 12.3 Å². The van der Waals surface area contributed by atoms with E-state index in [0.717, 1.165) is 0 Å². The maximum Gasteiger partial charge on any atom is 0.150 e. The van der Waals surface area contributed by atoms with Gasteiger partial charge in [-0.25, -0.2) is 8.42 Å². The standard InChI is InChI=1S/C6H13NO3S/c1-11(9,10)4-2-5(7)6(8)3-4/h4-6,8H,2-3,7H2,1H3/t4?,5-,6-/m1/s1. The Morgan fingerprint density at radius 1 is 1.45 bits per heavy atom. The van der Waals surface area contributed by atoms with Gasteiger partial charge < -0.3 is 10.8 Å². The first-order valence-electron chi connectivity index (χ1n) is 3.54. The molecule has 1 fully saturated rings. The molecule has 66 valence electrons. The number of rotatable bonds is 1. The molecule has 1 unspecified atom stereocenters. The molecule has 0 heterocycles. The van der Waals surface area contributed by atoms with Crippen LogP contribution in [0.5, 0.6) is 0 Å². The van der Waals surface area contributed by atoms with E-state index in [1.165, 1.54) is 6.26 Å². The summed E-state index contributed by atoms with van der Waals surface area (Å²) in [6.45, 7) is 0. The summed E-state index contributed by atoms with van der Waals surface area (Å²) in [6.07, 6.45) is 1.22. The molecule has 0 radical (unpaired) electrons. The maximum absolute atomic E-state index is 11.0. The molecule has 0 saturated heterocycles. The molecule has 0 aromatic carbocycles. The molecule has 5 heteroatoms. The molecule has 1 rings (SSSR count). The van der Waals surface area contributed by atoms with Gasteiger partial charge >= 0.3 is 0 Å². The largest absolute Gasteiger partial charge is 0.391 e. The van der Waals surface area contributed by atoms with Crippen LogP contribution < -0.4 is 5.73 Å². The molecule has 1 aliphatic carbocycles. The third kappa shape index (κ3) is 1.91. The summed E-state index contributed by atoms with van der Waals surface area (Å²) in [5, 5.41) is 8.70. The van der Waals surface area contributed by atoms with Crippen LogP contribution in [0.3, 0.4) is 0 Å². The molecule has 0 spiro atoms. The van der Waals surface area contributed by atoms with Gasteiger partial charge in [0.25, 0.3) is 0 Å². The highest BCUT2D eigenvalue weighted by Crippen LogP contribution is 2.23. The van der Waals surface area contributed by atoms with Gasteiger partial charge in [-0.15, -0.1) is 0 Å². The molecule has 3 atom stereocenters. The molecule has 0 bridgehead atoms. The molecule has 0 aromatic heterocycles. The Kier molecular flexibility index (Phi) is 2.22. The second kappa shape index (κ2) is 2.73. The van der Waals surface area contributed by atoms with E-state index in [1.54, 1.807) is 0 Å². The predicted octanol–water partition coefficient (Wildman–Crippen LogP) is -1.12. The second-order valence-corrected chi connectivity index (χ2v) is 5.48. The van der Waals surface area contributed by atoms with Crippen molar-refractivity contribution in [2.45, 2.75) is 30.2 Å². The van der Waals surface area contributed by atoms with Crippen molar-refractivity contribution in [2.24, 2.45) is 5.73 Å². The number of sulfone groups is 1. The normalized spacial score (nSPS) is 39.4. The first-order chi connectivity index (χ1) is 4.91. The summed E-state index contributed by atoms with van der Waals surface area (Å²) >= 11 is 0. The van der Waals surface area contributed by atoms with Crippen molar-refractivity contribution < 1.29 is 13.5 Å². The van der Waals surface area contributed by atoms with Gasteiger partial charge in [0.15, 0.2) is 0 Å². The number of hydrogen-bond acceptors (Lipinski definition) is 4. The van der Waals surface area contributed by atoms with E-state index in [4.69, 9.17) is 10.8 Å². The van der Waals surface area contributed by atoms with E-state index in [2.05, 4.69) is 0 Å². The van der Waals surface area contributed by atoms with E-state index in [1.807, 2.05) is 0 Å². The topological polar surface area (TPSA) is 80.4 Å². The van der Waals surface area contributed by atoms with Crippen LogP contribution in [0, 0.1) is 0 Å². The molecule has 1 saturated carbocycles. The van der Waals surface area contributed by atoms with Crippen molar-refractivity contribution in [3.8, 4) is 0 Å². The van der Waals surface area contributed by atoms with Gasteiger partial charge in [-0.1, -0.05) is 0 Å². The van der Waals surface area contributed by atoms with Crippen molar-refractivity contribution in [2.75, 3.05) is 6.26 Å². The zero-order chi connectivity index (χ0) is 8.65. The summed E-state index contributed by atoms with van der Waals surface area (Å²) in [4.78, 5) is 0. The summed E-state index contributed by atoms with van der Waals surface area (Å²) in [6, 6.07) is -0.366. The van der Waals surface area contributed by atoms with E-state index >= 15 is 0 Å². The van der Waals surface area contributed by atoms with Crippen molar-refractivity contribution in [3.63, 3.8) is 0 Å². The lowest BCUT2D eigenvalue weighted by Crippen LogP contribution is -2.28. The van der Waals surface area contributed by atoms with Gasteiger partial charge in [0.2, 0.25) is 0 Å². The summed E-state index contributed by atoms with van der Waals surface area (Å²) in [5.41, 5.74) is 5.45. The van der Waals surface area contributed by atoms with Crippen molar-refractivity contribution in [3.05, 3.63) is 0 Å². The average molecular weight is 179 g/mol. The van der Waals surface area contributed by atoms with Crippen LogP contribution in [-0.2, 0) is 9.84 Å². The Hall–Kier alpha value is -0.130. The van der Waals surface area contributed by atoms with Gasteiger partial charge in [-0.3, -0.25) is 0 Å². The van der Waals surface area contributed by atoms with Gasteiger partial charge in [0.1, 0.15) is 9.84 Å². The number of nitrogens with two attached hydrogens (primary N) is 1. The molecule has 1 aliphatic rings. The summed E-state index contributed by atoms with van der Waals surface area (Å²) in [7, 11) is -3.01. The summed E-state index contributed by atoms with van der Waals surface area (Å²) in [5.74, 6) is 0. The van der Waals surface area contributed by atoms with Crippen molar-refractivity contribution in [1.82, 2.24) is 0 Å². The fourth-order valence-corrected chi connectivity index (χ4v) is 2.47. The molecular weight excluding hydrogens is 166 g/mol. The van der Waals surface area contributed by atoms with E-state index < -0.39 is 21.2 Å². The van der Waals surface area contributed by atoms with Crippen molar-refractivity contribution in [1.29, 1.82) is 0 Å². The lowest BCUT2D eigenvalue weighted by atomic mass is 10.2. The highest BCUT2D eigenvalue weighted by Gasteiger charge is 2.35. The Morgan fingerprint density at radius 2 is 2.00 bits per heavy atom. The van der Waals surface area contributed by atoms with E-state index in [-0.39, 0.29) is 6.04 Å². The lowest BCUT2D eigenvalue weighted by Gasteiger charge is -2.04. The monoisotopic (exact) mass is 179 g/mol. The van der Waals surface area contributed by atoms with Gasteiger partial charge in [-0.05, 0) is 12.8 Å². The number of aliphatic hydroxyl groups excluding tert-OH is 1. The first-order valence-corrected chi connectivity index (χ1v) is 5.49. The lowest BCUT2D eigenvalue weighted by molar-refractivity contribution is 0.165. The Bertz CT molecular complexity index is 226. The van der Waals surface area contributed by atoms with Crippen LogP contribution in [0.2, 0.25) is 0 Å². The van der Waals surface area contributed by atoms with Crippen LogP contribution in [0.1, 0.15) is 12.8 Å². The highest BCUT2D eigenvalue weighted by molar-refractivity contribution is 7.91. The average Bonchev–Trinajstić information content (AvgIpc) is 2.11. The Labute approximate surface area is 66.3 Å². The fourth-order valence-electron chi connectivity index (χ4n) is 1.35. The van der Waals surface area contributed by atoms with E-state index in [9.17, 15) is 8.42 Å². The van der Waals surface area contributed by atoms with E-state index in [0.29, 0.717) is 12.8 Å². The number of hydrogen-bond donors (Lipinski definition) is 2. The fraction of sp³-hybridized carbons (Fsp3) is 1.00. The molecule has 3 N–H and O–H groups in total. The zero-order valence-electron chi connectivity index (χ0n) is 6.40. The van der Waals surface area contributed by atoms with Crippen LogP contribution in [0.15, 0.2) is 0 Å². The molecular formula is C6H13NO3S. The van der Waals surface area contributed by atoms with Crippen LogP contribution in [0.4, 0.5) is 0 Å². The zero-order valence-corrected chi connectivity index (χ0v) is 7.21. The minimum absolute atomic E-state index is 0.292. The van der Waals surface area contributed by atoms with Crippen LogP contribution in [-0.4, -0.2) is 37.2 Å². The molecule has 11 heavy (non-hydrogen) atoms. The predicted molar refractivity (Wildman–Crippen MR) is 41.8 cm³/mol. The minimum atomic E-state index is -3.01. The quantitative estimate of drug-likeness (QED) is 0.534. The molecule has 0 amide bonds. The van der Waals surface area contributed by atoms with Gasteiger partial charge in [-0.2, -0.15) is 0 Å².